The average molecular weight is 510 g/mol. The largest absolute Gasteiger partial charge is 0.398 e. The maximum atomic E-state index is 12.1. The van der Waals surface area contributed by atoms with Crippen LogP contribution >= 0.6 is 11.3 Å². The van der Waals surface area contributed by atoms with Crippen molar-refractivity contribution in [2.24, 2.45) is 0 Å². The van der Waals surface area contributed by atoms with Crippen molar-refractivity contribution in [3.8, 4) is 11.4 Å². The number of carbonyl (C=O) groups excluding carboxylic acids is 1. The minimum atomic E-state index is -0.960. The van der Waals surface area contributed by atoms with Crippen LogP contribution in [-0.4, -0.2) is 95.6 Å². The van der Waals surface area contributed by atoms with E-state index in [-0.39, 0.29) is 5.91 Å². The number of fused-ring (bicyclic) bond motifs is 1. The minimum Gasteiger partial charge on any atom is -0.398 e. The Balaban J connectivity index is 1.46. The van der Waals surface area contributed by atoms with Gasteiger partial charge in [-0.3, -0.25) is 9.69 Å². The van der Waals surface area contributed by atoms with Crippen molar-refractivity contribution in [1.82, 2.24) is 19.8 Å². The lowest BCUT2D eigenvalue weighted by atomic mass is 10.1. The van der Waals surface area contributed by atoms with Crippen LogP contribution in [0.15, 0.2) is 24.3 Å². The van der Waals surface area contributed by atoms with Crippen molar-refractivity contribution in [3.05, 3.63) is 34.7 Å². The van der Waals surface area contributed by atoms with Crippen LogP contribution in [-0.2, 0) is 16.1 Å². The molecule has 1 atom stereocenters. The third kappa shape index (κ3) is 4.92. The fourth-order valence-electron chi connectivity index (χ4n) is 4.72. The lowest BCUT2D eigenvalue weighted by molar-refractivity contribution is -0.141. The number of rotatable bonds is 6. The minimum absolute atomic E-state index is 0.208. The first-order valence-corrected chi connectivity index (χ1v) is 13.0. The Labute approximate surface area is 213 Å². The molecule has 11 heteroatoms. The fourth-order valence-corrected chi connectivity index (χ4v) is 5.79. The molecular weight excluding hydrogens is 478 g/mol. The summed E-state index contributed by atoms with van der Waals surface area (Å²) in [5.41, 5.74) is 8.03. The highest BCUT2D eigenvalue weighted by Crippen LogP contribution is 2.35. The maximum absolute atomic E-state index is 12.1. The molecule has 2 fully saturated rings. The van der Waals surface area contributed by atoms with Crippen molar-refractivity contribution >= 4 is 45.2 Å². The first kappa shape index (κ1) is 24.6. The third-order valence-corrected chi connectivity index (χ3v) is 7.69. The molecule has 1 amide bonds. The predicted molar refractivity (Wildman–Crippen MR) is 142 cm³/mol. The van der Waals surface area contributed by atoms with Crippen LogP contribution in [0.2, 0.25) is 0 Å². The Morgan fingerprint density at radius 1 is 1.22 bits per heavy atom. The normalized spacial score (nSPS) is 17.9. The summed E-state index contributed by atoms with van der Waals surface area (Å²) in [7, 11) is 0. The van der Waals surface area contributed by atoms with Crippen LogP contribution in [0.5, 0.6) is 0 Å². The number of thiophene rings is 1. The van der Waals surface area contributed by atoms with Crippen molar-refractivity contribution < 1.29 is 14.6 Å². The Morgan fingerprint density at radius 2 is 1.97 bits per heavy atom. The van der Waals surface area contributed by atoms with E-state index >= 15 is 0 Å². The van der Waals surface area contributed by atoms with Crippen molar-refractivity contribution in [3.63, 3.8) is 0 Å². The SMILES string of the molecule is C[C@H](O)C(=O)N1CCN(Cc2cc3c(N4CCOCC4)nc(-c4cccc(N)c4C=N)nc3s2)CC1. The van der Waals surface area contributed by atoms with Crippen LogP contribution in [0.1, 0.15) is 17.4 Å². The summed E-state index contributed by atoms with van der Waals surface area (Å²) in [4.78, 5) is 30.4. The topological polar surface area (TPSA) is 132 Å². The van der Waals surface area contributed by atoms with Crippen LogP contribution in [0.4, 0.5) is 11.5 Å². The molecule has 4 heterocycles. The smallest absolute Gasteiger partial charge is 0.251 e. The molecule has 1 aromatic carbocycles. The molecule has 0 spiro atoms. The number of benzene rings is 1. The van der Waals surface area contributed by atoms with Gasteiger partial charge in [0.25, 0.3) is 5.91 Å². The summed E-state index contributed by atoms with van der Waals surface area (Å²) in [6.07, 6.45) is 0.299. The van der Waals surface area contributed by atoms with Gasteiger partial charge in [-0.25, -0.2) is 9.97 Å². The number of nitrogen functional groups attached to an aromatic ring is 1. The first-order chi connectivity index (χ1) is 17.4. The second-order valence-corrected chi connectivity index (χ2v) is 10.2. The van der Waals surface area contributed by atoms with E-state index < -0.39 is 6.10 Å². The molecular formula is C25H31N7O3S. The van der Waals surface area contributed by atoms with Gasteiger partial charge in [0.2, 0.25) is 0 Å². The lowest BCUT2D eigenvalue weighted by Gasteiger charge is -2.35. The van der Waals surface area contributed by atoms with E-state index in [1.54, 1.807) is 22.3 Å². The van der Waals surface area contributed by atoms with E-state index in [1.165, 1.54) is 18.0 Å². The predicted octanol–water partition coefficient (Wildman–Crippen LogP) is 1.80. The molecule has 190 valence electrons. The van der Waals surface area contributed by atoms with E-state index in [2.05, 4.69) is 15.9 Å². The van der Waals surface area contributed by atoms with Gasteiger partial charge in [0.1, 0.15) is 16.8 Å². The van der Waals surface area contributed by atoms with Gasteiger partial charge in [0.15, 0.2) is 5.82 Å². The average Bonchev–Trinajstić information content (AvgIpc) is 3.30. The second kappa shape index (κ2) is 10.5. The summed E-state index contributed by atoms with van der Waals surface area (Å²) < 4.78 is 5.57. The zero-order valence-corrected chi connectivity index (χ0v) is 21.1. The second-order valence-electron chi connectivity index (χ2n) is 9.13. The van der Waals surface area contributed by atoms with Gasteiger partial charge in [-0.05, 0) is 19.1 Å². The number of nitrogens with two attached hydrogens (primary N) is 1. The van der Waals surface area contributed by atoms with Crippen LogP contribution in [0.3, 0.4) is 0 Å². The monoisotopic (exact) mass is 509 g/mol. The highest BCUT2D eigenvalue weighted by molar-refractivity contribution is 7.18. The van der Waals surface area contributed by atoms with Gasteiger partial charge in [-0.2, -0.15) is 0 Å². The van der Waals surface area contributed by atoms with E-state index in [0.29, 0.717) is 43.4 Å². The summed E-state index contributed by atoms with van der Waals surface area (Å²) >= 11 is 1.65. The number of carbonyl (C=O) groups is 1. The van der Waals surface area contributed by atoms with E-state index in [4.69, 9.17) is 25.8 Å². The number of morpholine rings is 1. The molecule has 4 N–H and O–H groups in total. The molecule has 2 aliphatic rings. The molecule has 10 nitrogen and oxygen atoms in total. The Bertz CT molecular complexity index is 1260. The first-order valence-electron chi connectivity index (χ1n) is 12.2. The molecule has 36 heavy (non-hydrogen) atoms. The number of nitrogens with zero attached hydrogens (tertiary/aromatic N) is 5. The van der Waals surface area contributed by atoms with Gasteiger partial charge in [0.05, 0.1) is 18.6 Å². The van der Waals surface area contributed by atoms with E-state index in [9.17, 15) is 9.90 Å². The number of aliphatic hydroxyl groups excluding tert-OH is 1. The summed E-state index contributed by atoms with van der Waals surface area (Å²) in [6.45, 7) is 7.82. The van der Waals surface area contributed by atoms with Crippen LogP contribution in [0.25, 0.3) is 21.6 Å². The third-order valence-electron chi connectivity index (χ3n) is 6.68. The number of amides is 1. The number of hydrogen-bond donors (Lipinski definition) is 3. The highest BCUT2D eigenvalue weighted by atomic mass is 32.1. The number of nitrogens with one attached hydrogen (secondary N) is 1. The molecule has 0 aliphatic carbocycles. The highest BCUT2D eigenvalue weighted by Gasteiger charge is 2.25. The van der Waals surface area contributed by atoms with Crippen LogP contribution in [0, 0.1) is 5.41 Å². The molecule has 5 rings (SSSR count). The number of hydrogen-bond acceptors (Lipinski definition) is 10. The molecule has 2 saturated heterocycles. The molecule has 0 bridgehead atoms. The number of ether oxygens (including phenoxy) is 1. The Morgan fingerprint density at radius 3 is 2.67 bits per heavy atom. The number of aromatic nitrogens is 2. The Hall–Kier alpha value is -3.12. The van der Waals surface area contributed by atoms with Crippen LogP contribution < -0.4 is 10.6 Å². The molecule has 2 aromatic heterocycles. The van der Waals surface area contributed by atoms with Gasteiger partial charge < -0.3 is 30.8 Å². The van der Waals surface area contributed by atoms with E-state index in [0.717, 1.165) is 54.3 Å². The zero-order valence-electron chi connectivity index (χ0n) is 20.3. The molecule has 0 unspecified atom stereocenters. The van der Waals surface area contributed by atoms with Crippen molar-refractivity contribution in [1.29, 1.82) is 5.41 Å². The number of aliphatic hydroxyl groups is 1. The summed E-state index contributed by atoms with van der Waals surface area (Å²) in [6, 6.07) is 7.73. The number of anilines is 2. The van der Waals surface area contributed by atoms with Gasteiger partial charge >= 0.3 is 0 Å². The molecule has 0 saturated carbocycles. The van der Waals surface area contributed by atoms with Gasteiger partial charge in [-0.15, -0.1) is 11.3 Å². The molecule has 0 radical (unpaired) electrons. The van der Waals surface area contributed by atoms with Gasteiger partial charge in [-0.1, -0.05) is 12.1 Å². The van der Waals surface area contributed by atoms with E-state index in [1.807, 2.05) is 12.1 Å². The maximum Gasteiger partial charge on any atom is 0.251 e. The van der Waals surface area contributed by atoms with Crippen molar-refractivity contribution in [2.45, 2.75) is 19.6 Å². The quantitative estimate of drug-likeness (QED) is 0.339. The molecule has 3 aromatic rings. The zero-order chi connectivity index (χ0) is 25.2. The summed E-state index contributed by atoms with van der Waals surface area (Å²) in [5, 5.41) is 18.5. The lowest BCUT2D eigenvalue weighted by Crippen LogP contribution is -2.50. The summed E-state index contributed by atoms with van der Waals surface area (Å²) in [5.74, 6) is 1.24. The van der Waals surface area contributed by atoms with Crippen molar-refractivity contribution in [2.75, 3.05) is 63.1 Å². The Kier molecular flexibility index (Phi) is 7.15. The number of piperazine rings is 1. The standard InChI is InChI=1S/C25H31N7O3S/c1-16(33)25(34)32-7-5-30(6-8-32)15-17-13-19-23(31-9-11-35-12-10-31)28-22(29-24(19)36-17)18-3-2-4-21(27)20(18)14-26/h2-4,13-14,16,26,33H,5-12,15,27H2,1H3/t16-/m0/s1. The van der Waals surface area contributed by atoms with Gasteiger partial charge in [0, 0.05) is 73.7 Å². The molecule has 2 aliphatic heterocycles. The fraction of sp³-hybridized carbons (Fsp3) is 0.440.